The van der Waals surface area contributed by atoms with Gasteiger partial charge >= 0.3 is 6.03 Å². The largest absolute Gasteiger partial charge is 0.353 e. The van der Waals surface area contributed by atoms with E-state index in [1.807, 2.05) is 41.6 Å². The second kappa shape index (κ2) is 7.53. The van der Waals surface area contributed by atoms with Gasteiger partial charge in [0, 0.05) is 42.6 Å². The molecule has 3 aliphatic heterocycles. The number of benzene rings is 1. The van der Waals surface area contributed by atoms with Gasteiger partial charge in [0.25, 0.3) is 0 Å². The van der Waals surface area contributed by atoms with E-state index in [1.54, 1.807) is 24.2 Å². The molecule has 1 N–H and O–H groups in total. The highest BCUT2D eigenvalue weighted by Crippen LogP contribution is 2.30. The summed E-state index contributed by atoms with van der Waals surface area (Å²) in [5.74, 6) is 1.37. The summed E-state index contributed by atoms with van der Waals surface area (Å²) in [6.45, 7) is 2.55. The summed E-state index contributed by atoms with van der Waals surface area (Å²) in [7, 11) is 0. The van der Waals surface area contributed by atoms with Crippen LogP contribution in [0.3, 0.4) is 0 Å². The van der Waals surface area contributed by atoms with Crippen molar-refractivity contribution < 1.29 is 4.79 Å². The van der Waals surface area contributed by atoms with Crippen LogP contribution in [0.1, 0.15) is 12.8 Å². The summed E-state index contributed by atoms with van der Waals surface area (Å²) in [6.07, 6.45) is 9.47. The van der Waals surface area contributed by atoms with Gasteiger partial charge in [-0.1, -0.05) is 6.07 Å². The van der Waals surface area contributed by atoms with E-state index in [-0.39, 0.29) is 12.1 Å². The maximum atomic E-state index is 12.9. The smallest absolute Gasteiger partial charge is 0.322 e. The second-order valence-electron chi connectivity index (χ2n) is 6.88. The summed E-state index contributed by atoms with van der Waals surface area (Å²) in [4.78, 5) is 27.0. The molecular formula is C19H23N5OS. The number of carbonyl (C=O) groups is 1. The zero-order chi connectivity index (χ0) is 17.9. The van der Waals surface area contributed by atoms with E-state index in [0.717, 1.165) is 48.9 Å². The number of nitrogens with zero attached hydrogens (tertiary/aromatic N) is 4. The van der Waals surface area contributed by atoms with E-state index >= 15 is 0 Å². The number of hydrogen-bond acceptors (Lipinski definition) is 5. The zero-order valence-corrected chi connectivity index (χ0v) is 15.7. The first-order chi connectivity index (χ1) is 12.7. The maximum Gasteiger partial charge on any atom is 0.322 e. The molecular weight excluding hydrogens is 346 g/mol. The third-order valence-electron chi connectivity index (χ3n) is 5.17. The van der Waals surface area contributed by atoms with Crippen molar-refractivity contribution in [2.45, 2.75) is 23.8 Å². The molecule has 2 amide bonds. The third kappa shape index (κ3) is 3.62. The lowest BCUT2D eigenvalue weighted by Gasteiger charge is -2.36. The molecule has 5 rings (SSSR count). The Morgan fingerprint density at radius 1 is 1.23 bits per heavy atom. The van der Waals surface area contributed by atoms with Crippen molar-refractivity contribution in [2.24, 2.45) is 5.92 Å². The van der Waals surface area contributed by atoms with E-state index in [9.17, 15) is 4.79 Å². The van der Waals surface area contributed by atoms with Crippen LogP contribution in [0.25, 0.3) is 0 Å². The van der Waals surface area contributed by atoms with Crippen molar-refractivity contribution in [3.63, 3.8) is 0 Å². The fourth-order valence-electron chi connectivity index (χ4n) is 3.87. The van der Waals surface area contributed by atoms with Crippen LogP contribution in [-0.4, -0.2) is 52.8 Å². The van der Waals surface area contributed by atoms with Gasteiger partial charge in [-0.15, -0.1) is 11.8 Å². The number of thioether (sulfide) groups is 1. The molecule has 4 heterocycles. The molecule has 136 valence electrons. The highest BCUT2D eigenvalue weighted by atomic mass is 32.2. The van der Waals surface area contributed by atoms with Crippen molar-refractivity contribution in [2.75, 3.05) is 36.1 Å². The Balaban J connectivity index is 1.48. The molecule has 3 fully saturated rings. The number of carbonyl (C=O) groups excluding carboxylic acids is 1. The van der Waals surface area contributed by atoms with Gasteiger partial charge in [-0.25, -0.2) is 9.78 Å². The molecule has 0 radical (unpaired) electrons. The minimum atomic E-state index is -0.000973. The summed E-state index contributed by atoms with van der Waals surface area (Å²) < 4.78 is 0. The molecule has 0 unspecified atom stereocenters. The van der Waals surface area contributed by atoms with E-state index in [2.05, 4.69) is 20.2 Å². The highest BCUT2D eigenvalue weighted by molar-refractivity contribution is 7.98. The molecule has 2 bridgehead atoms. The number of amides is 2. The van der Waals surface area contributed by atoms with Crippen LogP contribution < -0.4 is 10.2 Å². The first-order valence-electron chi connectivity index (χ1n) is 8.95. The Bertz CT molecular complexity index is 772. The SMILES string of the molecule is CSc1cccc(NC(=O)N2C[C@H]3CC[C@@H]2CN(c2cnccn2)C3)c1. The van der Waals surface area contributed by atoms with Gasteiger partial charge in [0.2, 0.25) is 0 Å². The summed E-state index contributed by atoms with van der Waals surface area (Å²) >= 11 is 1.67. The molecule has 0 spiro atoms. The number of hydrogen-bond donors (Lipinski definition) is 1. The number of urea groups is 1. The minimum Gasteiger partial charge on any atom is -0.353 e. The zero-order valence-electron chi connectivity index (χ0n) is 14.8. The maximum absolute atomic E-state index is 12.9. The Kier molecular flexibility index (Phi) is 4.97. The average Bonchev–Trinajstić information content (AvgIpc) is 3.01. The van der Waals surface area contributed by atoms with Gasteiger partial charge in [0.1, 0.15) is 5.82 Å². The van der Waals surface area contributed by atoms with Crippen LogP contribution in [0, 0.1) is 5.92 Å². The van der Waals surface area contributed by atoms with E-state index in [0.29, 0.717) is 5.92 Å². The minimum absolute atomic E-state index is 0.000973. The topological polar surface area (TPSA) is 61.4 Å². The van der Waals surface area contributed by atoms with Crippen LogP contribution in [0.15, 0.2) is 47.8 Å². The van der Waals surface area contributed by atoms with Crippen LogP contribution in [0.5, 0.6) is 0 Å². The lowest BCUT2D eigenvalue weighted by atomic mass is 9.95. The van der Waals surface area contributed by atoms with E-state index in [1.165, 1.54) is 0 Å². The second-order valence-corrected chi connectivity index (χ2v) is 7.76. The quantitative estimate of drug-likeness (QED) is 0.841. The van der Waals surface area contributed by atoms with Crippen molar-refractivity contribution in [1.82, 2.24) is 14.9 Å². The normalized spacial score (nSPS) is 22.2. The summed E-state index contributed by atoms with van der Waals surface area (Å²) in [6, 6.07) is 8.20. The first kappa shape index (κ1) is 17.1. The third-order valence-corrected chi connectivity index (χ3v) is 5.89. The van der Waals surface area contributed by atoms with Crippen molar-refractivity contribution in [3.8, 4) is 0 Å². The van der Waals surface area contributed by atoms with Gasteiger partial charge in [-0.2, -0.15) is 0 Å². The standard InChI is InChI=1S/C19H23N5OS/c1-26-17-4-2-3-15(9-17)22-19(25)24-12-14-5-6-16(24)13-23(11-14)18-10-20-7-8-21-18/h2-4,7-10,14,16H,5-6,11-13H2,1H3,(H,22,25)/t14-,16+/m0/s1. The Hall–Kier alpha value is -2.28. The molecule has 1 aromatic carbocycles. The number of piperidine rings is 1. The molecule has 26 heavy (non-hydrogen) atoms. The lowest BCUT2D eigenvalue weighted by Crippen LogP contribution is -2.49. The van der Waals surface area contributed by atoms with Gasteiger partial charge in [0.05, 0.1) is 12.2 Å². The van der Waals surface area contributed by atoms with E-state index < -0.39 is 0 Å². The molecule has 3 aliphatic rings. The summed E-state index contributed by atoms with van der Waals surface area (Å²) in [5.41, 5.74) is 0.854. The number of fused-ring (bicyclic) bond motifs is 4. The van der Waals surface area contributed by atoms with Crippen molar-refractivity contribution in [1.29, 1.82) is 0 Å². The Labute approximate surface area is 158 Å². The summed E-state index contributed by atoms with van der Waals surface area (Å²) in [5, 5.41) is 3.08. The van der Waals surface area contributed by atoms with Crippen LogP contribution in [0.2, 0.25) is 0 Å². The predicted molar refractivity (Wildman–Crippen MR) is 105 cm³/mol. The Morgan fingerprint density at radius 3 is 2.96 bits per heavy atom. The number of rotatable bonds is 3. The monoisotopic (exact) mass is 369 g/mol. The van der Waals surface area contributed by atoms with Gasteiger partial charge in [0.15, 0.2) is 0 Å². The van der Waals surface area contributed by atoms with Gasteiger partial charge in [-0.3, -0.25) is 4.98 Å². The fraction of sp³-hybridized carbons (Fsp3) is 0.421. The molecule has 2 aromatic rings. The molecule has 3 saturated heterocycles. The lowest BCUT2D eigenvalue weighted by molar-refractivity contribution is 0.154. The highest BCUT2D eigenvalue weighted by Gasteiger charge is 2.37. The number of nitrogens with one attached hydrogen (secondary N) is 1. The van der Waals surface area contributed by atoms with Gasteiger partial charge in [-0.05, 0) is 43.2 Å². The van der Waals surface area contributed by atoms with E-state index in [4.69, 9.17) is 0 Å². The molecule has 0 aliphatic carbocycles. The predicted octanol–water partition coefficient (Wildman–Crippen LogP) is 3.33. The molecule has 0 saturated carbocycles. The van der Waals surface area contributed by atoms with Crippen LogP contribution >= 0.6 is 11.8 Å². The number of aromatic nitrogens is 2. The molecule has 7 heteroatoms. The van der Waals surface area contributed by atoms with Crippen LogP contribution in [0.4, 0.5) is 16.3 Å². The molecule has 2 atom stereocenters. The molecule has 1 aromatic heterocycles. The average molecular weight is 369 g/mol. The van der Waals surface area contributed by atoms with Crippen molar-refractivity contribution >= 4 is 29.3 Å². The van der Waals surface area contributed by atoms with Crippen molar-refractivity contribution in [3.05, 3.63) is 42.9 Å². The Morgan fingerprint density at radius 2 is 2.15 bits per heavy atom. The van der Waals surface area contributed by atoms with Gasteiger partial charge < -0.3 is 15.1 Å². The fourth-order valence-corrected chi connectivity index (χ4v) is 4.33. The first-order valence-corrected chi connectivity index (χ1v) is 10.2. The molecule has 6 nitrogen and oxygen atoms in total. The van der Waals surface area contributed by atoms with Crippen LogP contribution in [-0.2, 0) is 0 Å². The number of anilines is 2.